The molecule has 18 heavy (non-hydrogen) atoms. The van der Waals surface area contributed by atoms with E-state index >= 15 is 0 Å². The molecule has 0 atom stereocenters. The fraction of sp³-hybridized carbons (Fsp3) is 0.0769. The number of hydrogen-bond donors (Lipinski definition) is 1. The van der Waals surface area contributed by atoms with Gasteiger partial charge in [0, 0.05) is 11.6 Å². The van der Waals surface area contributed by atoms with Gasteiger partial charge >= 0.3 is 0 Å². The highest BCUT2D eigenvalue weighted by molar-refractivity contribution is 5.72. The number of hydrogen-bond acceptors (Lipinski definition) is 3. The summed E-state index contributed by atoms with van der Waals surface area (Å²) in [5.41, 5.74) is 6.62. The number of nitro benzene ring substituents is 1. The highest BCUT2D eigenvalue weighted by Gasteiger charge is 2.15. The molecule has 0 aliphatic rings. The highest BCUT2D eigenvalue weighted by atomic mass is 19.1. The van der Waals surface area contributed by atoms with Crippen molar-refractivity contribution in [2.75, 3.05) is 5.73 Å². The van der Waals surface area contributed by atoms with E-state index in [9.17, 15) is 14.5 Å². The number of nitrogens with two attached hydrogens (primary N) is 1. The lowest BCUT2D eigenvalue weighted by atomic mass is 10.0. The van der Waals surface area contributed by atoms with Crippen LogP contribution in [0.15, 0.2) is 36.4 Å². The van der Waals surface area contributed by atoms with E-state index in [4.69, 9.17) is 5.73 Å². The number of nitro groups is 1. The van der Waals surface area contributed by atoms with E-state index in [1.165, 1.54) is 12.1 Å². The van der Waals surface area contributed by atoms with Gasteiger partial charge in [0.2, 0.25) is 0 Å². The Morgan fingerprint density at radius 2 is 2.00 bits per heavy atom. The van der Waals surface area contributed by atoms with Crippen molar-refractivity contribution in [1.29, 1.82) is 0 Å². The molecule has 0 saturated carbocycles. The minimum atomic E-state index is -0.577. The zero-order valence-electron chi connectivity index (χ0n) is 9.68. The summed E-state index contributed by atoms with van der Waals surface area (Å²) < 4.78 is 13.9. The summed E-state index contributed by atoms with van der Waals surface area (Å²) in [5.74, 6) is -0.378. The maximum absolute atomic E-state index is 13.9. The van der Waals surface area contributed by atoms with Gasteiger partial charge in [-0.05, 0) is 24.1 Å². The summed E-state index contributed by atoms with van der Waals surface area (Å²) in [6, 6.07) is 9.20. The van der Waals surface area contributed by atoms with E-state index < -0.39 is 4.92 Å². The van der Waals surface area contributed by atoms with E-state index in [1.807, 2.05) is 0 Å². The molecule has 0 amide bonds. The van der Waals surface area contributed by atoms with Gasteiger partial charge in [-0.15, -0.1) is 0 Å². The second-order valence-electron chi connectivity index (χ2n) is 3.97. The number of aryl methyl sites for hydroxylation is 1. The Morgan fingerprint density at radius 1 is 1.28 bits per heavy atom. The third-order valence-corrected chi connectivity index (χ3v) is 2.73. The van der Waals surface area contributed by atoms with Crippen molar-refractivity contribution in [3.63, 3.8) is 0 Å². The van der Waals surface area contributed by atoms with Gasteiger partial charge in [0.1, 0.15) is 11.5 Å². The Bertz CT molecular complexity index is 626. The smallest absolute Gasteiger partial charge is 0.292 e. The minimum Gasteiger partial charge on any atom is -0.393 e. The summed E-state index contributed by atoms with van der Waals surface area (Å²) in [6.45, 7) is 1.64. The van der Waals surface area contributed by atoms with Crippen LogP contribution in [0.1, 0.15) is 5.56 Å². The Morgan fingerprint density at radius 3 is 2.67 bits per heavy atom. The van der Waals surface area contributed by atoms with Crippen LogP contribution in [-0.4, -0.2) is 4.92 Å². The lowest BCUT2D eigenvalue weighted by Gasteiger charge is -2.06. The maximum Gasteiger partial charge on any atom is 0.292 e. The van der Waals surface area contributed by atoms with Gasteiger partial charge in [0.15, 0.2) is 0 Å². The van der Waals surface area contributed by atoms with Gasteiger partial charge in [0.05, 0.1) is 4.92 Å². The number of nitrogens with zero attached hydrogens (tertiary/aromatic N) is 1. The molecular weight excluding hydrogens is 235 g/mol. The first kappa shape index (κ1) is 12.0. The Labute approximate surface area is 103 Å². The van der Waals surface area contributed by atoms with Crippen LogP contribution in [0.5, 0.6) is 0 Å². The van der Waals surface area contributed by atoms with Crippen LogP contribution in [-0.2, 0) is 0 Å². The molecule has 2 rings (SSSR count). The van der Waals surface area contributed by atoms with Crippen molar-refractivity contribution >= 4 is 11.4 Å². The molecular formula is C13H11FN2O2. The average Bonchev–Trinajstić information content (AvgIpc) is 2.33. The zero-order valence-corrected chi connectivity index (χ0v) is 9.68. The average molecular weight is 246 g/mol. The van der Waals surface area contributed by atoms with Crippen LogP contribution < -0.4 is 5.73 Å². The predicted molar refractivity (Wildman–Crippen MR) is 67.6 cm³/mol. The van der Waals surface area contributed by atoms with Crippen LogP contribution in [0.4, 0.5) is 15.8 Å². The summed E-state index contributed by atoms with van der Waals surface area (Å²) in [7, 11) is 0. The summed E-state index contributed by atoms with van der Waals surface area (Å²) in [6.07, 6.45) is 0. The fourth-order valence-corrected chi connectivity index (χ4v) is 1.74. The normalized spacial score (nSPS) is 10.3. The Balaban J connectivity index is 2.62. The van der Waals surface area contributed by atoms with Gasteiger partial charge < -0.3 is 5.73 Å². The molecule has 0 heterocycles. The topological polar surface area (TPSA) is 69.2 Å². The maximum atomic E-state index is 13.9. The molecule has 5 heteroatoms. The molecule has 2 aromatic carbocycles. The first-order chi connectivity index (χ1) is 8.50. The SMILES string of the molecule is Cc1cccc(-c2ccc(N)c([N+](=O)[O-])c2)c1F. The number of halogens is 1. The van der Waals surface area contributed by atoms with E-state index in [0.717, 1.165) is 0 Å². The standard InChI is InChI=1S/C13H11FN2O2/c1-8-3-2-4-10(13(8)14)9-5-6-11(15)12(7-9)16(17)18/h2-7H,15H2,1H3. The summed E-state index contributed by atoms with van der Waals surface area (Å²) in [5, 5.41) is 10.8. The van der Waals surface area contributed by atoms with Gasteiger partial charge in [0.25, 0.3) is 5.69 Å². The van der Waals surface area contributed by atoms with E-state index in [0.29, 0.717) is 16.7 Å². The third kappa shape index (κ3) is 2.02. The third-order valence-electron chi connectivity index (χ3n) is 2.73. The molecule has 0 aliphatic carbocycles. The monoisotopic (exact) mass is 246 g/mol. The quantitative estimate of drug-likeness (QED) is 0.502. The molecule has 0 aliphatic heterocycles. The summed E-state index contributed by atoms with van der Waals surface area (Å²) >= 11 is 0. The molecule has 2 N–H and O–H groups in total. The number of anilines is 1. The molecule has 0 radical (unpaired) electrons. The van der Waals surface area contributed by atoms with Crippen LogP contribution in [0.3, 0.4) is 0 Å². The van der Waals surface area contributed by atoms with Gasteiger partial charge in [-0.1, -0.05) is 24.3 Å². The zero-order chi connectivity index (χ0) is 13.3. The van der Waals surface area contributed by atoms with Crippen LogP contribution in [0.25, 0.3) is 11.1 Å². The molecule has 4 nitrogen and oxygen atoms in total. The second-order valence-corrected chi connectivity index (χ2v) is 3.97. The van der Waals surface area contributed by atoms with Crippen molar-refractivity contribution in [3.8, 4) is 11.1 Å². The molecule has 0 saturated heterocycles. The van der Waals surface area contributed by atoms with Crippen LogP contribution >= 0.6 is 0 Å². The number of nitrogen functional groups attached to an aromatic ring is 1. The Hall–Kier alpha value is -2.43. The van der Waals surface area contributed by atoms with Gasteiger partial charge in [-0.2, -0.15) is 0 Å². The molecule has 0 spiro atoms. The minimum absolute atomic E-state index is 0.0665. The highest BCUT2D eigenvalue weighted by Crippen LogP contribution is 2.30. The molecule has 0 unspecified atom stereocenters. The van der Waals surface area contributed by atoms with E-state index in [2.05, 4.69) is 0 Å². The van der Waals surface area contributed by atoms with Crippen molar-refractivity contribution in [2.45, 2.75) is 6.92 Å². The largest absolute Gasteiger partial charge is 0.393 e. The molecule has 0 aromatic heterocycles. The first-order valence-corrected chi connectivity index (χ1v) is 5.30. The lowest BCUT2D eigenvalue weighted by Crippen LogP contribution is -1.96. The van der Waals surface area contributed by atoms with E-state index in [-0.39, 0.29) is 17.2 Å². The van der Waals surface area contributed by atoms with Crippen molar-refractivity contribution in [2.24, 2.45) is 0 Å². The van der Waals surface area contributed by atoms with Crippen LogP contribution in [0.2, 0.25) is 0 Å². The van der Waals surface area contributed by atoms with Crippen LogP contribution in [0, 0.1) is 22.9 Å². The fourth-order valence-electron chi connectivity index (χ4n) is 1.74. The van der Waals surface area contributed by atoms with Crippen molar-refractivity contribution in [3.05, 3.63) is 57.9 Å². The predicted octanol–water partition coefficient (Wildman–Crippen LogP) is 3.29. The van der Waals surface area contributed by atoms with Gasteiger partial charge in [-0.25, -0.2) is 4.39 Å². The Kier molecular flexibility index (Phi) is 2.97. The summed E-state index contributed by atoms with van der Waals surface area (Å²) in [4.78, 5) is 10.2. The molecule has 0 bridgehead atoms. The van der Waals surface area contributed by atoms with Crippen molar-refractivity contribution < 1.29 is 9.31 Å². The molecule has 92 valence electrons. The second kappa shape index (κ2) is 4.44. The molecule has 0 fully saturated rings. The van der Waals surface area contributed by atoms with E-state index in [1.54, 1.807) is 31.2 Å². The first-order valence-electron chi connectivity index (χ1n) is 5.30. The number of rotatable bonds is 2. The van der Waals surface area contributed by atoms with Gasteiger partial charge in [-0.3, -0.25) is 10.1 Å². The lowest BCUT2D eigenvalue weighted by molar-refractivity contribution is -0.383. The van der Waals surface area contributed by atoms with Crippen molar-refractivity contribution in [1.82, 2.24) is 0 Å². The number of benzene rings is 2. The molecule has 2 aromatic rings.